The van der Waals surface area contributed by atoms with E-state index < -0.39 is 23.2 Å². The van der Waals surface area contributed by atoms with Crippen LogP contribution in [0.2, 0.25) is 0 Å². The first-order chi connectivity index (χ1) is 13.3. The lowest BCUT2D eigenvalue weighted by Gasteiger charge is -2.03. The van der Waals surface area contributed by atoms with E-state index >= 15 is 0 Å². The number of thioether (sulfide) groups is 1. The molecule has 0 aliphatic rings. The molecule has 0 bridgehead atoms. The molecular formula is C18H26N4O5S. The first kappa shape index (κ1) is 23.6. The average Bonchev–Trinajstić information content (AvgIpc) is 3.16. The lowest BCUT2D eigenvalue weighted by atomic mass is 10.1. The third kappa shape index (κ3) is 8.98. The third-order valence-corrected chi connectivity index (χ3v) is 4.71. The van der Waals surface area contributed by atoms with Crippen molar-refractivity contribution in [1.29, 1.82) is 0 Å². The van der Waals surface area contributed by atoms with Crippen molar-refractivity contribution in [3.63, 3.8) is 0 Å². The summed E-state index contributed by atoms with van der Waals surface area (Å²) in [5.74, 6) is -0.422. The second-order valence-corrected chi connectivity index (χ2v) is 7.23. The molecule has 10 heteroatoms. The molecule has 0 aliphatic carbocycles. The maximum absolute atomic E-state index is 10.7. The van der Waals surface area contributed by atoms with Gasteiger partial charge in [0.15, 0.2) is 0 Å². The maximum Gasteiger partial charge on any atom is 0.320 e. The fourth-order valence-corrected chi connectivity index (χ4v) is 2.57. The van der Waals surface area contributed by atoms with Gasteiger partial charge in [-0.1, -0.05) is 41.9 Å². The SMILES string of the molecule is CC(SCc1nc(-c2ccccc2)no1)C(=O)O.NCCCC[C@H](N)C(=O)O. The molecular weight excluding hydrogens is 384 g/mol. The van der Waals surface area contributed by atoms with Crippen molar-refractivity contribution in [3.05, 3.63) is 36.2 Å². The highest BCUT2D eigenvalue weighted by atomic mass is 32.2. The summed E-state index contributed by atoms with van der Waals surface area (Å²) in [5.41, 5.74) is 11.3. The average molecular weight is 410 g/mol. The highest BCUT2D eigenvalue weighted by Gasteiger charge is 2.14. The molecule has 0 fully saturated rings. The number of hydrogen-bond acceptors (Lipinski definition) is 8. The van der Waals surface area contributed by atoms with E-state index in [1.165, 1.54) is 11.8 Å². The van der Waals surface area contributed by atoms with Gasteiger partial charge in [0.1, 0.15) is 6.04 Å². The van der Waals surface area contributed by atoms with Crippen LogP contribution >= 0.6 is 11.8 Å². The molecule has 6 N–H and O–H groups in total. The highest BCUT2D eigenvalue weighted by molar-refractivity contribution is 7.99. The van der Waals surface area contributed by atoms with Crippen molar-refractivity contribution in [1.82, 2.24) is 10.1 Å². The van der Waals surface area contributed by atoms with Crippen LogP contribution in [0.5, 0.6) is 0 Å². The second kappa shape index (κ2) is 12.9. The van der Waals surface area contributed by atoms with Crippen molar-refractivity contribution < 1.29 is 24.3 Å². The van der Waals surface area contributed by atoms with Crippen molar-refractivity contribution >= 4 is 23.7 Å². The number of aliphatic carboxylic acids is 2. The van der Waals surface area contributed by atoms with E-state index in [9.17, 15) is 9.59 Å². The molecule has 0 saturated heterocycles. The summed E-state index contributed by atoms with van der Waals surface area (Å²) in [6.07, 6.45) is 2.16. The van der Waals surface area contributed by atoms with Gasteiger partial charge in [0.2, 0.25) is 11.7 Å². The molecule has 2 rings (SSSR count). The van der Waals surface area contributed by atoms with Crippen molar-refractivity contribution in [3.8, 4) is 11.4 Å². The maximum atomic E-state index is 10.7. The molecule has 0 radical (unpaired) electrons. The minimum Gasteiger partial charge on any atom is -0.480 e. The van der Waals surface area contributed by atoms with Crippen LogP contribution < -0.4 is 11.5 Å². The molecule has 2 atom stereocenters. The van der Waals surface area contributed by atoms with E-state index in [0.717, 1.165) is 18.4 Å². The van der Waals surface area contributed by atoms with Crippen LogP contribution in [0, 0.1) is 0 Å². The van der Waals surface area contributed by atoms with Crippen LogP contribution in [-0.4, -0.2) is 50.1 Å². The Hall–Kier alpha value is -2.43. The van der Waals surface area contributed by atoms with Gasteiger partial charge in [0.25, 0.3) is 0 Å². The minimum atomic E-state index is -0.933. The summed E-state index contributed by atoms with van der Waals surface area (Å²) in [7, 11) is 0. The molecule has 154 valence electrons. The van der Waals surface area contributed by atoms with Gasteiger partial charge >= 0.3 is 11.9 Å². The first-order valence-corrected chi connectivity index (χ1v) is 9.80. The summed E-state index contributed by atoms with van der Waals surface area (Å²) >= 11 is 1.25. The number of benzene rings is 1. The van der Waals surface area contributed by atoms with Crippen molar-refractivity contribution in [2.45, 2.75) is 43.2 Å². The highest BCUT2D eigenvalue weighted by Crippen LogP contribution is 2.20. The number of carbonyl (C=O) groups is 2. The van der Waals surface area contributed by atoms with Crippen molar-refractivity contribution in [2.75, 3.05) is 6.54 Å². The predicted molar refractivity (Wildman–Crippen MR) is 107 cm³/mol. The zero-order valence-electron chi connectivity index (χ0n) is 15.7. The Morgan fingerprint density at radius 3 is 2.43 bits per heavy atom. The van der Waals surface area contributed by atoms with Gasteiger partial charge in [-0.05, 0) is 26.3 Å². The lowest BCUT2D eigenvalue weighted by Crippen LogP contribution is -2.29. The molecule has 0 aliphatic heterocycles. The van der Waals surface area contributed by atoms with E-state index in [1.807, 2.05) is 30.3 Å². The Labute approximate surface area is 167 Å². The fourth-order valence-electron chi connectivity index (χ4n) is 1.92. The van der Waals surface area contributed by atoms with Gasteiger partial charge in [-0.3, -0.25) is 9.59 Å². The van der Waals surface area contributed by atoms with E-state index in [2.05, 4.69) is 10.1 Å². The third-order valence-electron chi connectivity index (χ3n) is 3.59. The molecule has 0 amide bonds. The van der Waals surface area contributed by atoms with Crippen LogP contribution in [0.3, 0.4) is 0 Å². The number of hydrogen-bond donors (Lipinski definition) is 4. The normalized spacial score (nSPS) is 12.5. The van der Waals surface area contributed by atoms with Crippen LogP contribution in [0.1, 0.15) is 32.1 Å². The van der Waals surface area contributed by atoms with Crippen LogP contribution in [0.25, 0.3) is 11.4 Å². The number of carboxylic acids is 2. The fraction of sp³-hybridized carbons (Fsp3) is 0.444. The van der Waals surface area contributed by atoms with E-state index in [4.69, 9.17) is 26.2 Å². The second-order valence-electron chi connectivity index (χ2n) is 5.90. The summed E-state index contributed by atoms with van der Waals surface area (Å²) in [6.45, 7) is 2.23. The van der Waals surface area contributed by atoms with Gasteiger partial charge in [-0.25, -0.2) is 0 Å². The molecule has 1 heterocycles. The number of nitrogens with zero attached hydrogens (tertiary/aromatic N) is 2. The number of rotatable bonds is 10. The number of aromatic nitrogens is 2. The Morgan fingerprint density at radius 1 is 1.18 bits per heavy atom. The van der Waals surface area contributed by atoms with Crippen LogP contribution in [0.4, 0.5) is 0 Å². The smallest absolute Gasteiger partial charge is 0.320 e. The zero-order valence-corrected chi connectivity index (χ0v) is 16.5. The summed E-state index contributed by atoms with van der Waals surface area (Å²) in [4.78, 5) is 25.0. The largest absolute Gasteiger partial charge is 0.480 e. The predicted octanol–water partition coefficient (Wildman–Crippen LogP) is 1.97. The van der Waals surface area contributed by atoms with Gasteiger partial charge in [0, 0.05) is 5.56 Å². The molecule has 1 unspecified atom stereocenters. The van der Waals surface area contributed by atoms with E-state index in [0.29, 0.717) is 30.4 Å². The van der Waals surface area contributed by atoms with E-state index in [1.54, 1.807) is 6.92 Å². The molecule has 1 aromatic carbocycles. The summed E-state index contributed by atoms with van der Waals surface area (Å²) in [6, 6.07) is 8.77. The monoisotopic (exact) mass is 410 g/mol. The van der Waals surface area contributed by atoms with Gasteiger partial charge < -0.3 is 26.2 Å². The minimum absolute atomic E-state index is 0.396. The number of nitrogens with two attached hydrogens (primary N) is 2. The Bertz CT molecular complexity index is 726. The first-order valence-electron chi connectivity index (χ1n) is 8.76. The topological polar surface area (TPSA) is 166 Å². The van der Waals surface area contributed by atoms with E-state index in [-0.39, 0.29) is 0 Å². The quantitative estimate of drug-likeness (QED) is 0.425. The standard InChI is InChI=1S/C12H12N2O3S.C6H14N2O2/c1-8(12(15)16)18-7-10-13-11(14-17-10)9-5-3-2-4-6-9;7-4-2-1-3-5(8)6(9)10/h2-6,8H,7H2,1H3,(H,15,16);5H,1-4,7-8H2,(H,9,10)/t;5-/m.0/s1. The Morgan fingerprint density at radius 2 is 1.86 bits per heavy atom. The number of carboxylic acid groups (broad SMARTS) is 2. The zero-order chi connectivity index (χ0) is 20.9. The molecule has 0 saturated carbocycles. The Balaban J connectivity index is 0.000000336. The van der Waals surface area contributed by atoms with Gasteiger partial charge in [-0.2, -0.15) is 4.98 Å². The van der Waals surface area contributed by atoms with Crippen LogP contribution in [0.15, 0.2) is 34.9 Å². The number of unbranched alkanes of at least 4 members (excludes halogenated alkanes) is 1. The molecule has 9 nitrogen and oxygen atoms in total. The molecule has 1 aromatic heterocycles. The van der Waals surface area contributed by atoms with Gasteiger partial charge in [-0.15, -0.1) is 11.8 Å². The van der Waals surface area contributed by atoms with Gasteiger partial charge in [0.05, 0.1) is 11.0 Å². The molecule has 28 heavy (non-hydrogen) atoms. The molecule has 0 spiro atoms. The summed E-state index contributed by atoms with van der Waals surface area (Å²) < 4.78 is 5.07. The lowest BCUT2D eigenvalue weighted by molar-refractivity contribution is -0.139. The van der Waals surface area contributed by atoms with Crippen molar-refractivity contribution in [2.24, 2.45) is 11.5 Å². The molecule has 2 aromatic rings. The Kier molecular flexibility index (Phi) is 10.8. The summed E-state index contributed by atoms with van der Waals surface area (Å²) in [5, 5.41) is 20.5. The van der Waals surface area contributed by atoms with Crippen LogP contribution in [-0.2, 0) is 15.3 Å².